The lowest BCUT2D eigenvalue weighted by Crippen LogP contribution is -2.61. The molecule has 0 heterocycles. The van der Waals surface area contributed by atoms with Gasteiger partial charge >= 0.3 is 11.9 Å². The summed E-state index contributed by atoms with van der Waals surface area (Å²) in [6, 6.07) is -11.4. The van der Waals surface area contributed by atoms with Crippen molar-refractivity contribution >= 4 is 59.2 Å². The molecular formula is C40H72N10O13. The summed E-state index contributed by atoms with van der Waals surface area (Å²) < 4.78 is 0. The maximum atomic E-state index is 13.8. The lowest BCUT2D eigenvalue weighted by molar-refractivity contribution is -0.144. The average Bonchev–Trinajstić information content (AvgIpc) is 3.17. The zero-order valence-electron chi connectivity index (χ0n) is 37.7. The molecule has 16 N–H and O–H groups in total. The number of carbonyl (C=O) groups is 10. The molecule has 0 aromatic carbocycles. The first kappa shape index (κ1) is 57.6. The third-order valence-electron chi connectivity index (χ3n) is 9.84. The van der Waals surface area contributed by atoms with Crippen molar-refractivity contribution in [2.75, 3.05) is 6.54 Å². The van der Waals surface area contributed by atoms with Gasteiger partial charge in [-0.2, -0.15) is 0 Å². The van der Waals surface area contributed by atoms with Gasteiger partial charge in [-0.3, -0.25) is 43.2 Å². The third-order valence-corrected chi connectivity index (χ3v) is 9.84. The van der Waals surface area contributed by atoms with Crippen molar-refractivity contribution in [2.45, 2.75) is 168 Å². The van der Waals surface area contributed by atoms with Crippen molar-refractivity contribution in [3.8, 4) is 0 Å². The number of carbonyl (C=O) groups excluding carboxylic acids is 8. The van der Waals surface area contributed by atoms with E-state index in [0.717, 1.165) is 0 Å². The molecule has 0 fully saturated rings. The zero-order valence-corrected chi connectivity index (χ0v) is 37.7. The van der Waals surface area contributed by atoms with Gasteiger partial charge in [0, 0.05) is 6.42 Å². The monoisotopic (exact) mass is 901 g/mol. The van der Waals surface area contributed by atoms with Gasteiger partial charge in [-0.05, 0) is 76.7 Å². The van der Waals surface area contributed by atoms with Gasteiger partial charge in [0.1, 0.15) is 42.3 Å². The molecule has 23 nitrogen and oxygen atoms in total. The van der Waals surface area contributed by atoms with E-state index in [-0.39, 0.29) is 44.1 Å². The Morgan fingerprint density at radius 3 is 1.37 bits per heavy atom. The van der Waals surface area contributed by atoms with Gasteiger partial charge < -0.3 is 69.7 Å². The molecule has 0 spiro atoms. The van der Waals surface area contributed by atoms with E-state index < -0.39 is 139 Å². The summed E-state index contributed by atoms with van der Waals surface area (Å²) >= 11 is 0. The number of aliphatic hydroxyl groups excluding tert-OH is 1. The van der Waals surface area contributed by atoms with Crippen LogP contribution in [0.1, 0.15) is 113 Å². The molecule has 0 aromatic rings. The van der Waals surface area contributed by atoms with E-state index >= 15 is 0 Å². The minimum Gasteiger partial charge on any atom is -0.481 e. The van der Waals surface area contributed by atoms with Crippen molar-refractivity contribution < 1.29 is 63.3 Å². The van der Waals surface area contributed by atoms with Gasteiger partial charge in [0.15, 0.2) is 0 Å². The summed E-state index contributed by atoms with van der Waals surface area (Å²) in [5, 5.41) is 46.6. The van der Waals surface area contributed by atoms with Crippen LogP contribution in [0, 0.1) is 17.8 Å². The van der Waals surface area contributed by atoms with E-state index in [2.05, 4.69) is 37.2 Å². The van der Waals surface area contributed by atoms with Gasteiger partial charge in [-0.25, -0.2) is 4.79 Å². The molecule has 10 atom stereocenters. The average molecular weight is 901 g/mol. The number of rotatable bonds is 31. The van der Waals surface area contributed by atoms with Crippen molar-refractivity contribution in [3.05, 3.63) is 0 Å². The predicted octanol–water partition coefficient (Wildman–Crippen LogP) is -2.80. The second-order valence-electron chi connectivity index (χ2n) is 16.7. The third kappa shape index (κ3) is 22.5. The number of hydrogen-bond acceptors (Lipinski definition) is 13. The summed E-state index contributed by atoms with van der Waals surface area (Å²) in [4.78, 5) is 130. The fourth-order valence-electron chi connectivity index (χ4n) is 6.08. The standard InChI is InChI=1S/C40H72N10O13/c1-9-21(6)31(40(62)63)49-38(60)27(17-20(4)5)46-35(57)25(13-14-29(43)52)45-37(59)28(18-30(53)54)47-34(56)24(12-10-11-15-41)44-36(58)26(16-19(2)3)48-39(61)32(23(8)51)50-33(55)22(7)42/h19-28,31-32,51H,9-18,41-42H2,1-8H3,(H2,43,52)(H,44,58)(H,45,59)(H,46,57)(H,47,56)(H,48,61)(H,49,60)(H,50,55)(H,53,54)(H,62,63)/t21-,22-,23+,24-,25-,26-,27-,28-,31-,32-/m0/s1. The van der Waals surface area contributed by atoms with E-state index in [1.165, 1.54) is 13.8 Å². The number of hydrogen-bond donors (Lipinski definition) is 13. The summed E-state index contributed by atoms with van der Waals surface area (Å²) in [6.45, 7) is 13.2. The molecule has 23 heteroatoms. The number of unbranched alkanes of at least 4 members (excludes halogenated alkanes) is 1. The summed E-state index contributed by atoms with van der Waals surface area (Å²) in [6.07, 6.45) is -2.24. The Morgan fingerprint density at radius 2 is 0.952 bits per heavy atom. The molecule has 0 saturated heterocycles. The molecule has 0 aliphatic rings. The van der Waals surface area contributed by atoms with Crippen LogP contribution in [0.15, 0.2) is 0 Å². The minimum absolute atomic E-state index is 0.0268. The fourth-order valence-corrected chi connectivity index (χ4v) is 6.08. The number of amides is 8. The number of carboxylic acid groups (broad SMARTS) is 2. The van der Waals surface area contributed by atoms with Crippen molar-refractivity contribution in [1.29, 1.82) is 0 Å². The number of aliphatic carboxylic acids is 2. The van der Waals surface area contributed by atoms with Gasteiger partial charge in [0.05, 0.1) is 18.6 Å². The predicted molar refractivity (Wildman–Crippen MR) is 228 cm³/mol. The second kappa shape index (κ2) is 29.0. The molecule has 0 radical (unpaired) electrons. The van der Waals surface area contributed by atoms with Gasteiger partial charge in [0.25, 0.3) is 0 Å². The summed E-state index contributed by atoms with van der Waals surface area (Å²) in [7, 11) is 0. The van der Waals surface area contributed by atoms with Gasteiger partial charge in [-0.1, -0.05) is 48.0 Å². The first-order valence-electron chi connectivity index (χ1n) is 21.2. The molecule has 360 valence electrons. The first-order valence-corrected chi connectivity index (χ1v) is 21.2. The van der Waals surface area contributed by atoms with E-state index in [4.69, 9.17) is 17.2 Å². The molecule has 0 bridgehead atoms. The van der Waals surface area contributed by atoms with Gasteiger partial charge in [-0.15, -0.1) is 0 Å². The SMILES string of the molecule is CC[C@H](C)[C@H](NC(=O)[C@H](CC(C)C)NC(=O)[C@H](CCC(N)=O)NC(=O)[C@H](CC(=O)O)NC(=O)[C@H](CCCCN)NC(=O)[C@H](CC(C)C)NC(=O)[C@@H](NC(=O)[C@H](C)N)[C@@H](C)O)C(=O)O. The van der Waals surface area contributed by atoms with Crippen molar-refractivity contribution in [3.63, 3.8) is 0 Å². The van der Waals surface area contributed by atoms with Crippen LogP contribution >= 0.6 is 0 Å². The van der Waals surface area contributed by atoms with Crippen LogP contribution in [-0.4, -0.2) is 135 Å². The molecule has 0 unspecified atom stereocenters. The Hall–Kier alpha value is -5.42. The highest BCUT2D eigenvalue weighted by Crippen LogP contribution is 2.13. The molecule has 0 saturated carbocycles. The van der Waals surface area contributed by atoms with Crippen LogP contribution in [0.4, 0.5) is 0 Å². The van der Waals surface area contributed by atoms with E-state index in [1.807, 2.05) is 0 Å². The van der Waals surface area contributed by atoms with Crippen LogP contribution < -0.4 is 54.4 Å². The molecule has 0 rings (SSSR count). The first-order chi connectivity index (χ1) is 29.2. The smallest absolute Gasteiger partial charge is 0.326 e. The maximum absolute atomic E-state index is 13.8. The molecule has 63 heavy (non-hydrogen) atoms. The van der Waals surface area contributed by atoms with Crippen LogP contribution in [0.5, 0.6) is 0 Å². The number of primary amides is 1. The lowest BCUT2D eigenvalue weighted by Gasteiger charge is -2.29. The van der Waals surface area contributed by atoms with Crippen LogP contribution in [0.25, 0.3) is 0 Å². The summed E-state index contributed by atoms with van der Waals surface area (Å²) in [5.74, 6) is -11.2. The number of carboxylic acids is 2. The fraction of sp³-hybridized carbons (Fsp3) is 0.750. The number of nitrogens with one attached hydrogen (secondary N) is 7. The van der Waals surface area contributed by atoms with Crippen molar-refractivity contribution in [1.82, 2.24) is 37.2 Å². The Labute approximate surface area is 368 Å². The van der Waals surface area contributed by atoms with Crippen molar-refractivity contribution in [2.24, 2.45) is 35.0 Å². The molecule has 0 aliphatic carbocycles. The largest absolute Gasteiger partial charge is 0.481 e. The topological polar surface area (TPSA) is 394 Å². The van der Waals surface area contributed by atoms with Crippen LogP contribution in [0.3, 0.4) is 0 Å². The highest BCUT2D eigenvalue weighted by molar-refractivity contribution is 5.98. The molecule has 0 aromatic heterocycles. The molecule has 8 amide bonds. The number of aliphatic hydroxyl groups is 1. The Bertz CT molecular complexity index is 1580. The molecular weight excluding hydrogens is 828 g/mol. The van der Waals surface area contributed by atoms with Crippen LogP contribution in [-0.2, 0) is 47.9 Å². The Kier molecular flexibility index (Phi) is 26.5. The molecule has 0 aliphatic heterocycles. The quantitative estimate of drug-likeness (QED) is 0.0313. The van der Waals surface area contributed by atoms with Gasteiger partial charge in [0.2, 0.25) is 47.3 Å². The maximum Gasteiger partial charge on any atom is 0.326 e. The normalized spacial score (nSPS) is 16.0. The Balaban J connectivity index is 6.63. The van der Waals surface area contributed by atoms with E-state index in [9.17, 15) is 63.3 Å². The lowest BCUT2D eigenvalue weighted by atomic mass is 9.97. The van der Waals surface area contributed by atoms with E-state index in [1.54, 1.807) is 41.5 Å². The highest BCUT2D eigenvalue weighted by atomic mass is 16.4. The second-order valence-corrected chi connectivity index (χ2v) is 16.7. The minimum atomic E-state index is -1.87. The number of nitrogens with two attached hydrogens (primary N) is 3. The summed E-state index contributed by atoms with van der Waals surface area (Å²) in [5.41, 5.74) is 16.6. The zero-order chi connectivity index (χ0) is 48.7. The van der Waals surface area contributed by atoms with E-state index in [0.29, 0.717) is 12.8 Å². The highest BCUT2D eigenvalue weighted by Gasteiger charge is 2.36. The van der Waals surface area contributed by atoms with Crippen LogP contribution in [0.2, 0.25) is 0 Å². The Morgan fingerprint density at radius 1 is 0.540 bits per heavy atom.